The molecule has 0 unspecified atom stereocenters. The summed E-state index contributed by atoms with van der Waals surface area (Å²) in [5.74, 6) is 2.26. The topological polar surface area (TPSA) is 29.5 Å². The zero-order valence-corrected chi connectivity index (χ0v) is 7.78. The maximum atomic E-state index is 10.3. The van der Waals surface area contributed by atoms with Crippen LogP contribution >= 0.6 is 0 Å². The van der Waals surface area contributed by atoms with Gasteiger partial charge in [0.1, 0.15) is 0 Å². The largest absolute Gasteiger partial charge is 0.365 e. The van der Waals surface area contributed by atoms with Gasteiger partial charge in [-0.2, -0.15) is 0 Å². The summed E-state index contributed by atoms with van der Waals surface area (Å²) in [4.78, 5) is 0. The molecule has 1 aliphatic heterocycles. The van der Waals surface area contributed by atoms with Crippen LogP contribution in [0.1, 0.15) is 32.1 Å². The van der Waals surface area contributed by atoms with Crippen LogP contribution in [0.5, 0.6) is 0 Å². The lowest BCUT2D eigenvalue weighted by Gasteiger charge is -2.23. The van der Waals surface area contributed by atoms with Crippen molar-refractivity contribution in [2.45, 2.75) is 44.0 Å². The Balaban J connectivity index is 1.83. The van der Waals surface area contributed by atoms with Gasteiger partial charge in [0.2, 0.25) is 0 Å². The molecule has 72 valence electrons. The molecule has 0 bridgehead atoms. The van der Waals surface area contributed by atoms with Crippen LogP contribution in [0, 0.1) is 23.7 Å². The van der Waals surface area contributed by atoms with Gasteiger partial charge >= 0.3 is 0 Å². The van der Waals surface area contributed by atoms with Crippen molar-refractivity contribution in [2.75, 3.05) is 0 Å². The highest BCUT2D eigenvalue weighted by atomic mass is 16.6. The summed E-state index contributed by atoms with van der Waals surface area (Å²) in [5, 5.41) is 10.3. The fraction of sp³-hybridized carbons (Fsp3) is 1.00. The fourth-order valence-electron chi connectivity index (χ4n) is 4.78. The Bertz CT molecular complexity index is 265. The average molecular weight is 180 g/mol. The van der Waals surface area contributed by atoms with E-state index in [0.717, 1.165) is 24.2 Å². The second-order valence-corrected chi connectivity index (χ2v) is 5.48. The molecule has 1 heterocycles. The van der Waals surface area contributed by atoms with Gasteiger partial charge in [-0.05, 0) is 43.4 Å². The summed E-state index contributed by atoms with van der Waals surface area (Å²) in [6.07, 6.45) is 6.49. The maximum absolute atomic E-state index is 10.3. The lowest BCUT2D eigenvalue weighted by Crippen LogP contribution is -2.32. The molecule has 1 N–H and O–H groups in total. The van der Waals surface area contributed by atoms with E-state index in [1.807, 2.05) is 0 Å². The molecule has 0 aromatic heterocycles. The van der Waals surface area contributed by atoms with Crippen LogP contribution in [0.25, 0.3) is 0 Å². The highest BCUT2D eigenvalue weighted by Gasteiger charge is 2.67. The molecule has 3 saturated carbocycles. The van der Waals surface area contributed by atoms with Crippen molar-refractivity contribution in [3.8, 4) is 0 Å². The lowest BCUT2D eigenvalue weighted by molar-refractivity contribution is -0.203. The van der Waals surface area contributed by atoms with Crippen LogP contribution < -0.4 is 0 Å². The van der Waals surface area contributed by atoms with E-state index in [1.54, 1.807) is 0 Å². The normalized spacial score (nSPS) is 67.6. The summed E-state index contributed by atoms with van der Waals surface area (Å²) < 4.78 is 5.85. The SMILES string of the molecule is O[C@]12CC[C@@H]3C[C@@H]4CC[C@H](O1)[C@@H]4[C@@H]32. The molecule has 6 atom stereocenters. The highest BCUT2D eigenvalue weighted by Crippen LogP contribution is 2.65. The molecule has 0 aromatic carbocycles. The van der Waals surface area contributed by atoms with Crippen LogP contribution in [0.4, 0.5) is 0 Å². The van der Waals surface area contributed by atoms with Crippen LogP contribution in [0.2, 0.25) is 0 Å². The van der Waals surface area contributed by atoms with Crippen LogP contribution in [-0.4, -0.2) is 17.0 Å². The molecular weight excluding hydrogens is 164 g/mol. The third-order valence-corrected chi connectivity index (χ3v) is 5.07. The molecular formula is C11H16O2. The second-order valence-electron chi connectivity index (χ2n) is 5.48. The summed E-state index contributed by atoms with van der Waals surface area (Å²) >= 11 is 0. The molecule has 0 radical (unpaired) electrons. The summed E-state index contributed by atoms with van der Waals surface area (Å²) in [6.45, 7) is 0. The van der Waals surface area contributed by atoms with Gasteiger partial charge in [0.15, 0.2) is 5.79 Å². The monoisotopic (exact) mass is 180 g/mol. The van der Waals surface area contributed by atoms with Crippen LogP contribution in [0.3, 0.4) is 0 Å². The van der Waals surface area contributed by atoms with E-state index in [4.69, 9.17) is 4.74 Å². The highest BCUT2D eigenvalue weighted by molar-refractivity contribution is 5.11. The Kier molecular flexibility index (Phi) is 1.09. The number of aliphatic hydroxyl groups is 1. The van der Waals surface area contributed by atoms with Crippen LogP contribution in [-0.2, 0) is 4.74 Å². The predicted octanol–water partition coefficient (Wildman–Crippen LogP) is 1.53. The third kappa shape index (κ3) is 0.668. The quantitative estimate of drug-likeness (QED) is 0.612. The van der Waals surface area contributed by atoms with E-state index in [-0.39, 0.29) is 0 Å². The Morgan fingerprint density at radius 1 is 1.15 bits per heavy atom. The molecule has 13 heavy (non-hydrogen) atoms. The second kappa shape index (κ2) is 1.96. The van der Waals surface area contributed by atoms with Crippen molar-refractivity contribution in [1.29, 1.82) is 0 Å². The van der Waals surface area contributed by atoms with Gasteiger partial charge in [0, 0.05) is 12.3 Å². The van der Waals surface area contributed by atoms with E-state index < -0.39 is 5.79 Å². The van der Waals surface area contributed by atoms with Crippen molar-refractivity contribution in [3.63, 3.8) is 0 Å². The minimum absolute atomic E-state index is 0.422. The Labute approximate surface area is 78.3 Å². The van der Waals surface area contributed by atoms with E-state index in [9.17, 15) is 5.11 Å². The number of ether oxygens (including phenoxy) is 1. The van der Waals surface area contributed by atoms with Gasteiger partial charge in [-0.3, -0.25) is 0 Å². The third-order valence-electron chi connectivity index (χ3n) is 5.07. The standard InChI is InChI=1S/C11H16O2/c12-11-4-3-7-5-6-1-2-8(13-11)9(6)10(7)11/h6-10,12H,1-5H2/t6-,7+,8-,9+,10+,11+/m0/s1. The number of rotatable bonds is 0. The van der Waals surface area contributed by atoms with E-state index >= 15 is 0 Å². The van der Waals surface area contributed by atoms with Gasteiger partial charge in [0.05, 0.1) is 6.10 Å². The first-order valence-corrected chi connectivity index (χ1v) is 5.68. The molecule has 4 fully saturated rings. The smallest absolute Gasteiger partial charge is 0.169 e. The molecule has 4 rings (SSSR count). The van der Waals surface area contributed by atoms with Crippen molar-refractivity contribution in [3.05, 3.63) is 0 Å². The maximum Gasteiger partial charge on any atom is 0.169 e. The predicted molar refractivity (Wildman–Crippen MR) is 46.9 cm³/mol. The lowest BCUT2D eigenvalue weighted by atomic mass is 9.88. The minimum Gasteiger partial charge on any atom is -0.365 e. The first-order valence-electron chi connectivity index (χ1n) is 5.68. The van der Waals surface area contributed by atoms with Gasteiger partial charge in [0.25, 0.3) is 0 Å². The zero-order chi connectivity index (χ0) is 8.63. The Morgan fingerprint density at radius 3 is 3.00 bits per heavy atom. The van der Waals surface area contributed by atoms with Crippen molar-refractivity contribution in [1.82, 2.24) is 0 Å². The minimum atomic E-state index is -0.685. The van der Waals surface area contributed by atoms with E-state index in [0.29, 0.717) is 12.0 Å². The molecule has 1 saturated heterocycles. The van der Waals surface area contributed by atoms with Crippen LogP contribution in [0.15, 0.2) is 0 Å². The Morgan fingerprint density at radius 2 is 2.08 bits per heavy atom. The first-order chi connectivity index (χ1) is 6.28. The average Bonchev–Trinajstić information content (AvgIpc) is 2.70. The van der Waals surface area contributed by atoms with Crippen molar-refractivity contribution in [2.24, 2.45) is 23.7 Å². The zero-order valence-electron chi connectivity index (χ0n) is 7.78. The molecule has 3 aliphatic carbocycles. The summed E-state index contributed by atoms with van der Waals surface area (Å²) in [7, 11) is 0. The van der Waals surface area contributed by atoms with Gasteiger partial charge < -0.3 is 9.84 Å². The molecule has 4 aliphatic rings. The molecule has 2 nitrogen and oxygen atoms in total. The number of hydrogen-bond acceptors (Lipinski definition) is 2. The van der Waals surface area contributed by atoms with Crippen molar-refractivity contribution < 1.29 is 9.84 Å². The molecule has 2 heteroatoms. The van der Waals surface area contributed by atoms with Gasteiger partial charge in [-0.1, -0.05) is 0 Å². The van der Waals surface area contributed by atoms with E-state index in [2.05, 4.69) is 0 Å². The number of hydrogen-bond donors (Lipinski definition) is 1. The molecule has 0 aromatic rings. The molecule has 0 spiro atoms. The summed E-state index contributed by atoms with van der Waals surface area (Å²) in [6, 6.07) is 0. The summed E-state index contributed by atoms with van der Waals surface area (Å²) in [5.41, 5.74) is 0. The van der Waals surface area contributed by atoms with E-state index in [1.165, 1.54) is 25.7 Å². The molecule has 0 amide bonds. The van der Waals surface area contributed by atoms with Gasteiger partial charge in [-0.25, -0.2) is 0 Å². The Hall–Kier alpha value is -0.0800. The fourth-order valence-corrected chi connectivity index (χ4v) is 4.78. The van der Waals surface area contributed by atoms with Crippen molar-refractivity contribution >= 4 is 0 Å². The van der Waals surface area contributed by atoms with Gasteiger partial charge in [-0.15, -0.1) is 0 Å². The first kappa shape index (κ1) is 7.24.